The number of hydrogen-bond donors (Lipinski definition) is 2. The maximum absolute atomic E-state index is 13.1. The Balaban J connectivity index is 0.00000363. The fraction of sp³-hybridized carbons (Fsp3) is 0.444. The molecule has 1 fully saturated rings. The number of benzene rings is 2. The van der Waals surface area contributed by atoms with Gasteiger partial charge in [-0.05, 0) is 30.5 Å². The highest BCUT2D eigenvalue weighted by Gasteiger charge is 2.45. The lowest BCUT2D eigenvalue weighted by atomic mass is 9.73. The van der Waals surface area contributed by atoms with E-state index in [2.05, 4.69) is 41.1 Å². The molecule has 1 aliphatic carbocycles. The fourth-order valence-electron chi connectivity index (χ4n) is 4.38. The Morgan fingerprint density at radius 3 is 2.28 bits per heavy atom. The maximum atomic E-state index is 13.1. The van der Waals surface area contributed by atoms with E-state index in [1.807, 2.05) is 48.5 Å². The second-order valence-electron chi connectivity index (χ2n) is 8.29. The van der Waals surface area contributed by atoms with E-state index in [0.717, 1.165) is 38.8 Å². The SMILES string of the molecule is CCN(CC#CCNC(=O)C(O)(c1ccccc1)C1CCCCC1)Cc1ccccc1.Cl. The summed E-state index contributed by atoms with van der Waals surface area (Å²) in [6.45, 7) is 4.77. The van der Waals surface area contributed by atoms with Gasteiger partial charge in [0.2, 0.25) is 0 Å². The molecule has 0 heterocycles. The minimum atomic E-state index is -1.49. The molecule has 3 rings (SSSR count). The lowest BCUT2D eigenvalue weighted by Gasteiger charge is -2.37. The second kappa shape index (κ2) is 13.3. The molecule has 4 nitrogen and oxygen atoms in total. The lowest BCUT2D eigenvalue weighted by Crippen LogP contribution is -2.50. The standard InChI is InChI=1S/C27H34N2O2.ClH/c1-2-29(22-23-14-6-3-7-15-23)21-13-12-20-28-26(30)27(31,24-16-8-4-9-17-24)25-18-10-5-11-19-25;/h3-4,6-9,14-17,25,31H,2,5,10-11,18-22H2,1H3,(H,28,30);1H. The number of nitrogens with zero attached hydrogens (tertiary/aromatic N) is 1. The van der Waals surface area contributed by atoms with Crippen LogP contribution in [0.3, 0.4) is 0 Å². The van der Waals surface area contributed by atoms with E-state index >= 15 is 0 Å². The average Bonchev–Trinajstić information content (AvgIpc) is 2.84. The van der Waals surface area contributed by atoms with Crippen LogP contribution in [0, 0.1) is 17.8 Å². The highest BCUT2D eigenvalue weighted by atomic mass is 35.5. The maximum Gasteiger partial charge on any atom is 0.257 e. The number of halogens is 1. The first-order chi connectivity index (χ1) is 15.1. The number of aliphatic hydroxyl groups is 1. The predicted molar refractivity (Wildman–Crippen MR) is 132 cm³/mol. The summed E-state index contributed by atoms with van der Waals surface area (Å²) in [5.41, 5.74) is 0.443. The molecule has 0 bridgehead atoms. The van der Waals surface area contributed by atoms with E-state index in [0.29, 0.717) is 12.1 Å². The number of rotatable bonds is 8. The van der Waals surface area contributed by atoms with Gasteiger partial charge < -0.3 is 10.4 Å². The number of nitrogens with one attached hydrogen (secondary N) is 1. The van der Waals surface area contributed by atoms with Crippen LogP contribution >= 0.6 is 12.4 Å². The topological polar surface area (TPSA) is 52.6 Å². The minimum absolute atomic E-state index is 0. The molecule has 0 radical (unpaired) electrons. The molecule has 0 aromatic heterocycles. The Labute approximate surface area is 198 Å². The molecule has 2 N–H and O–H groups in total. The summed E-state index contributed by atoms with van der Waals surface area (Å²) in [7, 11) is 0. The molecule has 0 aliphatic heterocycles. The smallest absolute Gasteiger partial charge is 0.257 e. The van der Waals surface area contributed by atoms with Gasteiger partial charge in [-0.2, -0.15) is 0 Å². The molecular formula is C27H35ClN2O2. The molecule has 1 aliphatic rings. The van der Waals surface area contributed by atoms with Gasteiger partial charge in [-0.15, -0.1) is 12.4 Å². The van der Waals surface area contributed by atoms with Crippen molar-refractivity contribution in [2.24, 2.45) is 5.92 Å². The first-order valence-electron chi connectivity index (χ1n) is 11.4. The highest BCUT2D eigenvalue weighted by Crippen LogP contribution is 2.39. The summed E-state index contributed by atoms with van der Waals surface area (Å²) in [4.78, 5) is 15.4. The number of carbonyl (C=O) groups is 1. The first kappa shape index (κ1) is 25.9. The van der Waals surface area contributed by atoms with Crippen LogP contribution in [0.2, 0.25) is 0 Å². The molecule has 0 spiro atoms. The van der Waals surface area contributed by atoms with Crippen LogP contribution in [-0.2, 0) is 16.9 Å². The Morgan fingerprint density at radius 1 is 1.03 bits per heavy atom. The van der Waals surface area contributed by atoms with Crippen LogP contribution in [0.5, 0.6) is 0 Å². The zero-order chi connectivity index (χ0) is 21.9. The number of hydrogen-bond acceptors (Lipinski definition) is 3. The van der Waals surface area contributed by atoms with E-state index in [4.69, 9.17) is 0 Å². The summed E-state index contributed by atoms with van der Waals surface area (Å²) >= 11 is 0. The Hall–Kier alpha value is -2.32. The van der Waals surface area contributed by atoms with Crippen molar-refractivity contribution in [3.05, 3.63) is 71.8 Å². The van der Waals surface area contributed by atoms with Crippen LogP contribution in [0.4, 0.5) is 0 Å². The van der Waals surface area contributed by atoms with Gasteiger partial charge in [-0.3, -0.25) is 9.69 Å². The molecule has 2 aromatic carbocycles. The summed E-state index contributed by atoms with van der Waals surface area (Å²) < 4.78 is 0. The van der Waals surface area contributed by atoms with Crippen molar-refractivity contribution in [1.29, 1.82) is 0 Å². The molecule has 5 heteroatoms. The van der Waals surface area contributed by atoms with E-state index in [1.165, 1.54) is 12.0 Å². The van der Waals surface area contributed by atoms with Crippen LogP contribution in [0.25, 0.3) is 0 Å². The Kier molecular flexibility index (Phi) is 10.8. The van der Waals surface area contributed by atoms with E-state index in [1.54, 1.807) is 0 Å². The largest absolute Gasteiger partial charge is 0.375 e. The molecule has 1 unspecified atom stereocenters. The van der Waals surface area contributed by atoms with E-state index in [9.17, 15) is 9.90 Å². The molecule has 32 heavy (non-hydrogen) atoms. The van der Waals surface area contributed by atoms with Crippen molar-refractivity contribution in [3.63, 3.8) is 0 Å². The first-order valence-corrected chi connectivity index (χ1v) is 11.4. The Bertz CT molecular complexity index is 873. The molecular weight excluding hydrogens is 420 g/mol. The lowest BCUT2D eigenvalue weighted by molar-refractivity contribution is -0.149. The van der Waals surface area contributed by atoms with Gasteiger partial charge in [0.25, 0.3) is 5.91 Å². The zero-order valence-corrected chi connectivity index (χ0v) is 19.7. The normalized spacial score (nSPS) is 15.7. The summed E-state index contributed by atoms with van der Waals surface area (Å²) in [6, 6.07) is 19.7. The van der Waals surface area contributed by atoms with Crippen molar-refractivity contribution >= 4 is 18.3 Å². The molecule has 1 saturated carbocycles. The van der Waals surface area contributed by atoms with Crippen LogP contribution in [0.15, 0.2) is 60.7 Å². The molecule has 172 valence electrons. The van der Waals surface area contributed by atoms with Crippen molar-refractivity contribution in [2.75, 3.05) is 19.6 Å². The minimum Gasteiger partial charge on any atom is -0.375 e. The second-order valence-corrected chi connectivity index (χ2v) is 8.29. The van der Waals surface area contributed by atoms with Gasteiger partial charge in [0.15, 0.2) is 5.60 Å². The van der Waals surface area contributed by atoms with Crippen molar-refractivity contribution in [3.8, 4) is 11.8 Å². The van der Waals surface area contributed by atoms with Gasteiger partial charge in [-0.25, -0.2) is 0 Å². The van der Waals surface area contributed by atoms with Crippen LogP contribution in [0.1, 0.15) is 50.2 Å². The number of carbonyl (C=O) groups excluding carboxylic acids is 1. The summed E-state index contributed by atoms with van der Waals surface area (Å²) in [5.74, 6) is 5.83. The van der Waals surface area contributed by atoms with Crippen molar-refractivity contribution < 1.29 is 9.90 Å². The van der Waals surface area contributed by atoms with Crippen molar-refractivity contribution in [1.82, 2.24) is 10.2 Å². The quantitative estimate of drug-likeness (QED) is 0.576. The molecule has 1 amide bonds. The monoisotopic (exact) mass is 454 g/mol. The molecule has 2 aromatic rings. The third-order valence-corrected chi connectivity index (χ3v) is 6.22. The highest BCUT2D eigenvalue weighted by molar-refractivity contribution is 5.87. The average molecular weight is 455 g/mol. The van der Waals surface area contributed by atoms with E-state index in [-0.39, 0.29) is 30.8 Å². The third kappa shape index (κ3) is 6.84. The summed E-state index contributed by atoms with van der Waals surface area (Å²) in [6.07, 6.45) is 5.03. The van der Waals surface area contributed by atoms with Crippen LogP contribution in [-0.4, -0.2) is 35.5 Å². The third-order valence-electron chi connectivity index (χ3n) is 6.22. The predicted octanol–water partition coefficient (Wildman–Crippen LogP) is 4.52. The van der Waals surface area contributed by atoms with Gasteiger partial charge in [0.05, 0.1) is 13.1 Å². The van der Waals surface area contributed by atoms with Gasteiger partial charge in [0, 0.05) is 12.5 Å². The summed E-state index contributed by atoms with van der Waals surface area (Å²) in [5, 5.41) is 14.4. The zero-order valence-electron chi connectivity index (χ0n) is 18.9. The fourth-order valence-corrected chi connectivity index (χ4v) is 4.38. The van der Waals surface area contributed by atoms with Gasteiger partial charge >= 0.3 is 0 Å². The Morgan fingerprint density at radius 2 is 1.66 bits per heavy atom. The molecule has 0 saturated heterocycles. The van der Waals surface area contributed by atoms with Crippen molar-refractivity contribution in [2.45, 2.75) is 51.2 Å². The van der Waals surface area contributed by atoms with Crippen LogP contribution < -0.4 is 5.32 Å². The number of amides is 1. The van der Waals surface area contributed by atoms with Gasteiger partial charge in [-0.1, -0.05) is 98.7 Å². The van der Waals surface area contributed by atoms with E-state index < -0.39 is 5.60 Å². The van der Waals surface area contributed by atoms with Gasteiger partial charge in [0.1, 0.15) is 0 Å². The molecule has 1 atom stereocenters.